The number of thioether (sulfide) groups is 1. The minimum absolute atomic E-state index is 0.00506. The number of aromatic hydroxyl groups is 1. The van der Waals surface area contributed by atoms with E-state index in [1.165, 1.54) is 26.0 Å². The SMILES string of the molecule is COc1cc(/C=C2\SC(=O)N(CC(=O)N3CC4CCCCC4C3)C2=O)ccc1O. The third kappa shape index (κ3) is 3.99. The molecule has 0 radical (unpaired) electrons. The summed E-state index contributed by atoms with van der Waals surface area (Å²) in [6.45, 7) is 1.27. The zero-order valence-corrected chi connectivity index (χ0v) is 17.1. The molecule has 0 aromatic heterocycles. The molecule has 0 bridgehead atoms. The highest BCUT2D eigenvalue weighted by atomic mass is 32.2. The van der Waals surface area contributed by atoms with Gasteiger partial charge in [0.15, 0.2) is 11.5 Å². The van der Waals surface area contributed by atoms with Crippen LogP contribution < -0.4 is 4.74 Å². The Bertz CT molecular complexity index is 870. The predicted octanol–water partition coefficient (Wildman–Crippen LogP) is 3.09. The maximum Gasteiger partial charge on any atom is 0.294 e. The minimum Gasteiger partial charge on any atom is -0.504 e. The molecule has 154 valence electrons. The van der Waals surface area contributed by atoms with E-state index in [2.05, 4.69) is 0 Å². The molecule has 3 aliphatic rings. The molecule has 2 aliphatic heterocycles. The molecule has 1 N–H and O–H groups in total. The van der Waals surface area contributed by atoms with E-state index >= 15 is 0 Å². The minimum atomic E-state index is -0.461. The smallest absolute Gasteiger partial charge is 0.294 e. The number of nitrogens with zero attached hydrogens (tertiary/aromatic N) is 2. The number of methoxy groups -OCH3 is 1. The van der Waals surface area contributed by atoms with Gasteiger partial charge in [-0.2, -0.15) is 0 Å². The van der Waals surface area contributed by atoms with Crippen LogP contribution in [0, 0.1) is 11.8 Å². The Morgan fingerprint density at radius 3 is 2.59 bits per heavy atom. The fourth-order valence-corrected chi connectivity index (χ4v) is 5.25. The Balaban J connectivity index is 1.44. The van der Waals surface area contributed by atoms with Crippen molar-refractivity contribution in [2.45, 2.75) is 25.7 Å². The number of amides is 3. The molecule has 8 heteroatoms. The lowest BCUT2D eigenvalue weighted by molar-refractivity contribution is -0.135. The number of phenolic OH excluding ortho intramolecular Hbond substituents is 1. The second-order valence-corrected chi connectivity index (χ2v) is 8.80. The zero-order valence-electron chi connectivity index (χ0n) is 16.3. The molecule has 1 aliphatic carbocycles. The van der Waals surface area contributed by atoms with Crippen LogP contribution in [0.25, 0.3) is 6.08 Å². The summed E-state index contributed by atoms with van der Waals surface area (Å²) in [5, 5.41) is 9.26. The molecule has 2 heterocycles. The number of phenols is 1. The Labute approximate surface area is 173 Å². The first-order valence-electron chi connectivity index (χ1n) is 9.86. The molecule has 1 aromatic carbocycles. The maximum atomic E-state index is 12.7. The van der Waals surface area contributed by atoms with Gasteiger partial charge in [-0.15, -0.1) is 0 Å². The average molecular weight is 416 g/mol. The van der Waals surface area contributed by atoms with Gasteiger partial charge in [-0.3, -0.25) is 19.3 Å². The van der Waals surface area contributed by atoms with Gasteiger partial charge in [0.25, 0.3) is 11.1 Å². The van der Waals surface area contributed by atoms with Crippen molar-refractivity contribution in [3.05, 3.63) is 28.7 Å². The number of hydrogen-bond donors (Lipinski definition) is 1. The van der Waals surface area contributed by atoms with Crippen molar-refractivity contribution < 1.29 is 24.2 Å². The van der Waals surface area contributed by atoms with Crippen LogP contribution in [0.15, 0.2) is 23.1 Å². The summed E-state index contributed by atoms with van der Waals surface area (Å²) in [6, 6.07) is 4.68. The number of imide groups is 1. The fourth-order valence-electron chi connectivity index (χ4n) is 4.42. The topological polar surface area (TPSA) is 87.2 Å². The van der Waals surface area contributed by atoms with Crippen LogP contribution in [-0.2, 0) is 9.59 Å². The van der Waals surface area contributed by atoms with Gasteiger partial charge in [-0.1, -0.05) is 18.9 Å². The molecule has 2 atom stereocenters. The lowest BCUT2D eigenvalue weighted by Gasteiger charge is -2.22. The van der Waals surface area contributed by atoms with Crippen molar-refractivity contribution in [1.29, 1.82) is 0 Å². The van der Waals surface area contributed by atoms with E-state index in [-0.39, 0.29) is 28.9 Å². The first kappa shape index (κ1) is 19.8. The number of hydrogen-bond acceptors (Lipinski definition) is 6. The van der Waals surface area contributed by atoms with Crippen molar-refractivity contribution in [1.82, 2.24) is 9.80 Å². The van der Waals surface area contributed by atoms with E-state index in [9.17, 15) is 19.5 Å². The van der Waals surface area contributed by atoms with Crippen LogP contribution >= 0.6 is 11.8 Å². The van der Waals surface area contributed by atoms with Gasteiger partial charge < -0.3 is 14.7 Å². The van der Waals surface area contributed by atoms with Gasteiger partial charge in [0.05, 0.1) is 12.0 Å². The second kappa shape index (κ2) is 8.10. The van der Waals surface area contributed by atoms with Gasteiger partial charge in [0.1, 0.15) is 6.54 Å². The molecular formula is C21H24N2O5S. The van der Waals surface area contributed by atoms with Crippen LogP contribution in [0.2, 0.25) is 0 Å². The number of likely N-dealkylation sites (tertiary alicyclic amines) is 1. The highest BCUT2D eigenvalue weighted by molar-refractivity contribution is 8.18. The van der Waals surface area contributed by atoms with Gasteiger partial charge >= 0.3 is 0 Å². The zero-order chi connectivity index (χ0) is 20.5. The lowest BCUT2D eigenvalue weighted by atomic mass is 9.82. The largest absolute Gasteiger partial charge is 0.504 e. The third-order valence-corrected chi connectivity index (χ3v) is 6.90. The van der Waals surface area contributed by atoms with Crippen molar-refractivity contribution in [3.8, 4) is 11.5 Å². The van der Waals surface area contributed by atoms with Gasteiger partial charge in [0, 0.05) is 13.1 Å². The Morgan fingerprint density at radius 2 is 1.93 bits per heavy atom. The van der Waals surface area contributed by atoms with E-state index < -0.39 is 11.1 Å². The van der Waals surface area contributed by atoms with E-state index in [0.717, 1.165) is 42.6 Å². The Kier molecular flexibility index (Phi) is 5.54. The molecular weight excluding hydrogens is 392 g/mol. The summed E-state index contributed by atoms with van der Waals surface area (Å²) in [6.07, 6.45) is 6.34. The number of benzene rings is 1. The second-order valence-electron chi connectivity index (χ2n) is 7.80. The van der Waals surface area contributed by atoms with Crippen LogP contribution in [0.1, 0.15) is 31.2 Å². The molecule has 2 unspecified atom stereocenters. The predicted molar refractivity (Wildman–Crippen MR) is 109 cm³/mol. The average Bonchev–Trinajstić information content (AvgIpc) is 3.26. The van der Waals surface area contributed by atoms with Gasteiger partial charge in [0.2, 0.25) is 5.91 Å². The molecule has 1 saturated carbocycles. The molecule has 4 rings (SSSR count). The van der Waals surface area contributed by atoms with Gasteiger partial charge in [-0.05, 0) is 60.2 Å². The van der Waals surface area contributed by atoms with E-state index in [0.29, 0.717) is 17.4 Å². The Morgan fingerprint density at radius 1 is 1.24 bits per heavy atom. The lowest BCUT2D eigenvalue weighted by Crippen LogP contribution is -2.41. The quantitative estimate of drug-likeness (QED) is 0.759. The molecule has 1 aromatic rings. The van der Waals surface area contributed by atoms with E-state index in [4.69, 9.17) is 4.74 Å². The molecule has 29 heavy (non-hydrogen) atoms. The number of carbonyl (C=O) groups is 3. The summed E-state index contributed by atoms with van der Waals surface area (Å²) in [7, 11) is 1.44. The van der Waals surface area contributed by atoms with Crippen molar-refractivity contribution >= 4 is 34.9 Å². The summed E-state index contributed by atoms with van der Waals surface area (Å²) in [5.41, 5.74) is 0.625. The molecule has 0 spiro atoms. The number of rotatable bonds is 4. The van der Waals surface area contributed by atoms with Gasteiger partial charge in [-0.25, -0.2) is 0 Å². The van der Waals surface area contributed by atoms with E-state index in [1.54, 1.807) is 18.2 Å². The first-order chi connectivity index (χ1) is 14.0. The highest BCUT2D eigenvalue weighted by Gasteiger charge is 2.40. The van der Waals surface area contributed by atoms with Crippen LogP contribution in [0.3, 0.4) is 0 Å². The van der Waals surface area contributed by atoms with Crippen molar-refractivity contribution in [3.63, 3.8) is 0 Å². The van der Waals surface area contributed by atoms with Crippen LogP contribution in [-0.4, -0.2) is 58.7 Å². The summed E-state index contributed by atoms with van der Waals surface area (Å²) >= 11 is 0.823. The number of fused-ring (bicyclic) bond motifs is 1. The molecule has 7 nitrogen and oxygen atoms in total. The highest BCUT2D eigenvalue weighted by Crippen LogP contribution is 2.37. The number of ether oxygens (including phenoxy) is 1. The maximum absolute atomic E-state index is 12.7. The van der Waals surface area contributed by atoms with Crippen LogP contribution in [0.4, 0.5) is 4.79 Å². The van der Waals surface area contributed by atoms with Crippen LogP contribution in [0.5, 0.6) is 11.5 Å². The summed E-state index contributed by atoms with van der Waals surface area (Å²) in [5.74, 6) is 0.781. The normalized spacial score (nSPS) is 25.6. The fraction of sp³-hybridized carbons (Fsp3) is 0.476. The Hall–Kier alpha value is -2.48. The molecule has 2 saturated heterocycles. The standard InChI is InChI=1S/C21H24N2O5S/c1-28-17-8-13(6-7-16(17)24)9-18-20(26)23(21(27)29-18)12-19(25)22-10-14-4-2-3-5-15(14)11-22/h6-9,14-15,24H,2-5,10-12H2,1H3/b18-9-. The molecule has 3 amide bonds. The number of carbonyl (C=O) groups excluding carboxylic acids is 3. The first-order valence-corrected chi connectivity index (χ1v) is 10.7. The third-order valence-electron chi connectivity index (χ3n) is 6.00. The van der Waals surface area contributed by atoms with Crippen molar-refractivity contribution in [2.75, 3.05) is 26.7 Å². The van der Waals surface area contributed by atoms with Crippen molar-refractivity contribution in [2.24, 2.45) is 11.8 Å². The molecule has 3 fully saturated rings. The summed E-state index contributed by atoms with van der Waals surface area (Å²) in [4.78, 5) is 40.9. The van der Waals surface area contributed by atoms with E-state index in [1.807, 2.05) is 4.90 Å². The monoisotopic (exact) mass is 416 g/mol. The summed E-state index contributed by atoms with van der Waals surface area (Å²) < 4.78 is 5.07.